The normalized spacial score (nSPS) is 29.8. The van der Waals surface area contributed by atoms with Crippen molar-refractivity contribution >= 4 is 23.6 Å². The van der Waals surface area contributed by atoms with Gasteiger partial charge < -0.3 is 5.32 Å². The Morgan fingerprint density at radius 1 is 1.03 bits per heavy atom. The lowest BCUT2D eigenvalue weighted by Crippen LogP contribution is -2.54. The van der Waals surface area contributed by atoms with Crippen LogP contribution in [0.5, 0.6) is 0 Å². The number of hydrogen-bond donors (Lipinski definition) is 2. The van der Waals surface area contributed by atoms with Gasteiger partial charge in [-0.25, -0.2) is 0 Å². The van der Waals surface area contributed by atoms with E-state index in [4.69, 9.17) is 0 Å². The number of nitrogens with one attached hydrogen (secondary N) is 2. The second-order valence-corrected chi connectivity index (χ2v) is 8.42. The van der Waals surface area contributed by atoms with Gasteiger partial charge in [-0.3, -0.25) is 34.3 Å². The van der Waals surface area contributed by atoms with E-state index in [9.17, 15) is 19.2 Å². The molecule has 3 atom stereocenters. The summed E-state index contributed by atoms with van der Waals surface area (Å²) in [4.78, 5) is 53.2. The molecule has 8 heteroatoms. The van der Waals surface area contributed by atoms with E-state index in [0.29, 0.717) is 23.7 Å². The van der Waals surface area contributed by atoms with Gasteiger partial charge in [0.15, 0.2) is 0 Å². The highest BCUT2D eigenvalue weighted by molar-refractivity contribution is 6.24. The van der Waals surface area contributed by atoms with Crippen molar-refractivity contribution in [2.24, 2.45) is 5.92 Å². The highest BCUT2D eigenvalue weighted by Gasteiger charge is 2.45. The van der Waals surface area contributed by atoms with Crippen LogP contribution in [-0.4, -0.2) is 65.1 Å². The van der Waals surface area contributed by atoms with Gasteiger partial charge in [-0.15, -0.1) is 0 Å². The summed E-state index contributed by atoms with van der Waals surface area (Å²) < 4.78 is 0. The zero-order valence-corrected chi connectivity index (χ0v) is 16.1. The van der Waals surface area contributed by atoms with Crippen LogP contribution in [0.4, 0.5) is 0 Å². The molecular formula is C21H24N4O4. The van der Waals surface area contributed by atoms with Gasteiger partial charge in [0.25, 0.3) is 11.8 Å². The number of hydrogen-bond acceptors (Lipinski definition) is 6. The SMILES string of the molecule is O=C1CCC(N2C(=O)c3cccc(CN4CC[C@H]5CCN[C@H]5C4)c3C2=O)C(=O)N1. The highest BCUT2D eigenvalue weighted by atomic mass is 16.2. The van der Waals surface area contributed by atoms with Crippen molar-refractivity contribution < 1.29 is 19.2 Å². The van der Waals surface area contributed by atoms with Crippen LogP contribution in [0.25, 0.3) is 0 Å². The second-order valence-electron chi connectivity index (χ2n) is 8.42. The molecule has 0 bridgehead atoms. The third-order valence-electron chi connectivity index (χ3n) is 6.71. The lowest BCUT2D eigenvalue weighted by Gasteiger charge is -2.35. The summed E-state index contributed by atoms with van der Waals surface area (Å²) in [6, 6.07) is 4.92. The maximum Gasteiger partial charge on any atom is 0.262 e. The zero-order chi connectivity index (χ0) is 20.1. The predicted octanol–water partition coefficient (Wildman–Crippen LogP) is 0.272. The molecule has 29 heavy (non-hydrogen) atoms. The van der Waals surface area contributed by atoms with Gasteiger partial charge in [-0.1, -0.05) is 12.1 Å². The minimum atomic E-state index is -0.925. The summed E-state index contributed by atoms with van der Waals surface area (Å²) in [7, 11) is 0. The minimum absolute atomic E-state index is 0.125. The van der Waals surface area contributed by atoms with Crippen LogP contribution in [-0.2, 0) is 16.1 Å². The van der Waals surface area contributed by atoms with Crippen LogP contribution >= 0.6 is 0 Å². The fourth-order valence-electron chi connectivity index (χ4n) is 5.20. The smallest absolute Gasteiger partial charge is 0.262 e. The molecule has 0 aliphatic carbocycles. The molecule has 1 unspecified atom stereocenters. The van der Waals surface area contributed by atoms with E-state index in [2.05, 4.69) is 15.5 Å². The highest BCUT2D eigenvalue weighted by Crippen LogP contribution is 2.32. The number of likely N-dealkylation sites (tertiary alicyclic amines) is 1. The lowest BCUT2D eigenvalue weighted by molar-refractivity contribution is -0.136. The van der Waals surface area contributed by atoms with Gasteiger partial charge in [0.05, 0.1) is 11.1 Å². The molecule has 152 valence electrons. The lowest BCUT2D eigenvalue weighted by atomic mass is 9.92. The summed E-state index contributed by atoms with van der Waals surface area (Å²) in [6.07, 6.45) is 2.67. The van der Waals surface area contributed by atoms with E-state index < -0.39 is 23.8 Å². The zero-order valence-electron chi connectivity index (χ0n) is 16.1. The first-order valence-corrected chi connectivity index (χ1v) is 10.3. The number of piperidine rings is 2. The molecular weight excluding hydrogens is 372 g/mol. The summed E-state index contributed by atoms with van der Waals surface area (Å²) >= 11 is 0. The molecule has 0 saturated carbocycles. The van der Waals surface area contributed by atoms with E-state index in [1.54, 1.807) is 12.1 Å². The quantitative estimate of drug-likeness (QED) is 0.712. The molecule has 0 radical (unpaired) electrons. The molecule has 0 aromatic heterocycles. The summed E-state index contributed by atoms with van der Waals surface area (Å²) in [5, 5.41) is 5.79. The molecule has 4 aliphatic rings. The molecule has 5 rings (SSSR count). The van der Waals surface area contributed by atoms with Crippen LogP contribution in [0.15, 0.2) is 18.2 Å². The fraction of sp³-hybridized carbons (Fsp3) is 0.524. The number of carbonyl (C=O) groups excluding carboxylic acids is 4. The largest absolute Gasteiger partial charge is 0.312 e. The molecule has 3 fully saturated rings. The summed E-state index contributed by atoms with van der Waals surface area (Å²) in [6.45, 7) is 3.59. The third-order valence-corrected chi connectivity index (χ3v) is 6.71. The van der Waals surface area contributed by atoms with E-state index in [1.807, 2.05) is 6.07 Å². The summed E-state index contributed by atoms with van der Waals surface area (Å²) in [5.41, 5.74) is 1.59. The Morgan fingerprint density at radius 3 is 2.72 bits per heavy atom. The first-order valence-electron chi connectivity index (χ1n) is 10.3. The van der Waals surface area contributed by atoms with Crippen molar-refractivity contribution in [2.45, 2.75) is 44.3 Å². The Morgan fingerprint density at radius 2 is 1.90 bits per heavy atom. The van der Waals surface area contributed by atoms with Crippen LogP contribution in [0, 0.1) is 5.92 Å². The van der Waals surface area contributed by atoms with Crippen molar-refractivity contribution in [3.63, 3.8) is 0 Å². The Labute approximate surface area is 168 Å². The Hall–Kier alpha value is -2.58. The molecule has 2 N–H and O–H groups in total. The van der Waals surface area contributed by atoms with E-state index in [0.717, 1.165) is 42.4 Å². The van der Waals surface area contributed by atoms with Crippen LogP contribution in [0.1, 0.15) is 52.0 Å². The average Bonchev–Trinajstić information content (AvgIpc) is 3.26. The van der Waals surface area contributed by atoms with Gasteiger partial charge in [-0.2, -0.15) is 0 Å². The number of fused-ring (bicyclic) bond motifs is 2. The molecule has 1 aromatic rings. The number of carbonyl (C=O) groups is 4. The molecule has 8 nitrogen and oxygen atoms in total. The topological polar surface area (TPSA) is 98.8 Å². The molecule has 4 amide bonds. The number of amides is 4. The van der Waals surface area contributed by atoms with Crippen molar-refractivity contribution in [3.8, 4) is 0 Å². The van der Waals surface area contributed by atoms with Gasteiger partial charge in [-0.05, 0) is 49.9 Å². The van der Waals surface area contributed by atoms with Crippen molar-refractivity contribution in [2.75, 3.05) is 19.6 Å². The molecule has 4 heterocycles. The minimum Gasteiger partial charge on any atom is -0.312 e. The number of rotatable bonds is 3. The van der Waals surface area contributed by atoms with E-state index >= 15 is 0 Å². The third kappa shape index (κ3) is 3.07. The maximum absolute atomic E-state index is 13.2. The average molecular weight is 396 g/mol. The first-order chi connectivity index (χ1) is 14.0. The van der Waals surface area contributed by atoms with Gasteiger partial charge >= 0.3 is 0 Å². The van der Waals surface area contributed by atoms with Crippen LogP contribution in [0.3, 0.4) is 0 Å². The Balaban J connectivity index is 1.39. The predicted molar refractivity (Wildman–Crippen MR) is 103 cm³/mol. The maximum atomic E-state index is 13.2. The van der Waals surface area contributed by atoms with Gasteiger partial charge in [0, 0.05) is 25.6 Å². The Bertz CT molecular complexity index is 914. The first kappa shape index (κ1) is 18.4. The fourth-order valence-corrected chi connectivity index (χ4v) is 5.20. The standard InChI is InChI=1S/C21H24N4O4/c26-17-5-4-16(19(27)23-17)25-20(28)14-3-1-2-13(18(14)21(25)29)10-24-9-7-12-6-8-22-15(12)11-24/h1-3,12,15-16,22H,4-11H2,(H,23,26,27)/t12-,15+,16?/m1/s1. The van der Waals surface area contributed by atoms with Crippen molar-refractivity contribution in [1.29, 1.82) is 0 Å². The molecule has 4 aliphatic heterocycles. The molecule has 3 saturated heterocycles. The number of benzene rings is 1. The number of imide groups is 2. The molecule has 1 aromatic carbocycles. The monoisotopic (exact) mass is 396 g/mol. The van der Waals surface area contributed by atoms with Gasteiger partial charge in [0.1, 0.15) is 6.04 Å². The van der Waals surface area contributed by atoms with Crippen molar-refractivity contribution in [3.05, 3.63) is 34.9 Å². The van der Waals surface area contributed by atoms with E-state index in [-0.39, 0.29) is 18.7 Å². The van der Waals surface area contributed by atoms with Crippen molar-refractivity contribution in [1.82, 2.24) is 20.4 Å². The van der Waals surface area contributed by atoms with Crippen LogP contribution in [0.2, 0.25) is 0 Å². The second kappa shape index (κ2) is 7.03. The Kier molecular flexibility index (Phi) is 4.48. The van der Waals surface area contributed by atoms with Crippen LogP contribution < -0.4 is 10.6 Å². The molecule has 0 spiro atoms. The van der Waals surface area contributed by atoms with Gasteiger partial charge in [0.2, 0.25) is 11.8 Å². The summed E-state index contributed by atoms with van der Waals surface area (Å²) in [5.74, 6) is -1.08. The number of nitrogens with zero attached hydrogens (tertiary/aromatic N) is 2. The van der Waals surface area contributed by atoms with E-state index in [1.165, 1.54) is 6.42 Å².